The minimum atomic E-state index is -4.49. The van der Waals surface area contributed by atoms with Gasteiger partial charge in [-0.05, 0) is 47.7 Å². The Morgan fingerprint density at radius 1 is 1.11 bits per heavy atom. The largest absolute Gasteiger partial charge is 0.490 e. The standard InChI is InChI=1S/C19H13ClF3NO3S/c20-14-6-1-2-7-15(14)27-9-8-24-17(25)16(28-18(24)26)11-12-4-3-5-13(10-12)19(21,22)23/h1-7,10-11H,8-9H2/b16-11-. The molecule has 1 aliphatic rings. The number of benzene rings is 2. The van der Waals surface area contributed by atoms with Crippen LogP contribution in [0.2, 0.25) is 5.02 Å². The second-order valence-electron chi connectivity index (χ2n) is 5.74. The molecule has 9 heteroatoms. The zero-order valence-corrected chi connectivity index (χ0v) is 15.8. The number of hydrogen-bond donors (Lipinski definition) is 0. The molecule has 1 heterocycles. The van der Waals surface area contributed by atoms with Crippen LogP contribution in [0.5, 0.6) is 5.75 Å². The average Bonchev–Trinajstić information content (AvgIpc) is 2.90. The smallest absolute Gasteiger partial charge is 0.416 e. The molecule has 4 nitrogen and oxygen atoms in total. The molecule has 0 bridgehead atoms. The quantitative estimate of drug-likeness (QED) is 0.593. The number of thioether (sulfide) groups is 1. The number of alkyl halides is 3. The number of carbonyl (C=O) groups is 2. The molecule has 1 fully saturated rings. The van der Waals surface area contributed by atoms with E-state index in [9.17, 15) is 22.8 Å². The zero-order valence-electron chi connectivity index (χ0n) is 14.2. The fraction of sp³-hybridized carbons (Fsp3) is 0.158. The number of ether oxygens (including phenoxy) is 1. The van der Waals surface area contributed by atoms with Crippen molar-refractivity contribution in [2.24, 2.45) is 0 Å². The molecule has 1 saturated heterocycles. The van der Waals surface area contributed by atoms with Crippen LogP contribution in [0.15, 0.2) is 53.4 Å². The summed E-state index contributed by atoms with van der Waals surface area (Å²) in [5.41, 5.74) is -0.638. The van der Waals surface area contributed by atoms with Crippen molar-refractivity contribution in [2.45, 2.75) is 6.18 Å². The molecule has 2 aromatic rings. The number of nitrogens with zero attached hydrogens (tertiary/aromatic N) is 1. The first-order chi connectivity index (χ1) is 13.3. The van der Waals surface area contributed by atoms with E-state index in [2.05, 4.69) is 0 Å². The van der Waals surface area contributed by atoms with E-state index in [0.717, 1.165) is 17.0 Å². The topological polar surface area (TPSA) is 46.6 Å². The maximum Gasteiger partial charge on any atom is 0.416 e. The van der Waals surface area contributed by atoms with Crippen molar-refractivity contribution in [3.8, 4) is 5.75 Å². The van der Waals surface area contributed by atoms with Crippen LogP contribution >= 0.6 is 23.4 Å². The van der Waals surface area contributed by atoms with Gasteiger partial charge in [0, 0.05) is 0 Å². The van der Waals surface area contributed by atoms with E-state index in [1.807, 2.05) is 0 Å². The highest BCUT2D eigenvalue weighted by atomic mass is 35.5. The van der Waals surface area contributed by atoms with E-state index >= 15 is 0 Å². The maximum absolute atomic E-state index is 12.8. The second-order valence-corrected chi connectivity index (χ2v) is 7.14. The first kappa shape index (κ1) is 20.3. The van der Waals surface area contributed by atoms with E-state index in [-0.39, 0.29) is 23.6 Å². The Hall–Kier alpha value is -2.45. The van der Waals surface area contributed by atoms with Gasteiger partial charge in [-0.15, -0.1) is 0 Å². The van der Waals surface area contributed by atoms with Gasteiger partial charge in [-0.2, -0.15) is 13.2 Å². The normalized spacial score (nSPS) is 16.1. The summed E-state index contributed by atoms with van der Waals surface area (Å²) < 4.78 is 43.9. The molecule has 1 aliphatic heterocycles. The van der Waals surface area contributed by atoms with Gasteiger partial charge in [0.15, 0.2) is 0 Å². The third-order valence-corrected chi connectivity index (χ3v) is 5.01. The van der Waals surface area contributed by atoms with Gasteiger partial charge in [0.2, 0.25) is 0 Å². The fourth-order valence-corrected chi connectivity index (χ4v) is 3.51. The number of imide groups is 1. The van der Waals surface area contributed by atoms with Gasteiger partial charge < -0.3 is 4.74 Å². The minimum Gasteiger partial charge on any atom is -0.490 e. The molecule has 0 spiro atoms. The SMILES string of the molecule is O=C1S/C(=C\c2cccc(C(F)(F)F)c2)C(=O)N1CCOc1ccccc1Cl. The van der Waals surface area contributed by atoms with Crippen LogP contribution in [-0.2, 0) is 11.0 Å². The van der Waals surface area contributed by atoms with Gasteiger partial charge in [-0.3, -0.25) is 14.5 Å². The summed E-state index contributed by atoms with van der Waals surface area (Å²) in [6.45, 7) is 0.0361. The van der Waals surface area contributed by atoms with E-state index in [0.29, 0.717) is 22.5 Å². The molecular weight excluding hydrogens is 415 g/mol. The molecule has 2 amide bonds. The Balaban J connectivity index is 1.68. The molecule has 0 radical (unpaired) electrons. The summed E-state index contributed by atoms with van der Waals surface area (Å²) in [5, 5.41) is -0.105. The lowest BCUT2D eigenvalue weighted by atomic mass is 10.1. The van der Waals surface area contributed by atoms with Crippen molar-refractivity contribution in [3.63, 3.8) is 0 Å². The first-order valence-electron chi connectivity index (χ1n) is 8.05. The van der Waals surface area contributed by atoms with Crippen LogP contribution in [0.1, 0.15) is 11.1 Å². The Morgan fingerprint density at radius 3 is 2.57 bits per heavy atom. The Bertz CT molecular complexity index is 946. The number of para-hydroxylation sites is 1. The van der Waals surface area contributed by atoms with Crippen molar-refractivity contribution >= 4 is 40.6 Å². The number of amides is 2. The first-order valence-corrected chi connectivity index (χ1v) is 9.25. The van der Waals surface area contributed by atoms with Crippen LogP contribution in [0.4, 0.5) is 18.0 Å². The number of carbonyl (C=O) groups excluding carboxylic acids is 2. The van der Waals surface area contributed by atoms with Crippen molar-refractivity contribution in [1.29, 1.82) is 0 Å². The van der Waals surface area contributed by atoms with E-state index in [1.54, 1.807) is 24.3 Å². The van der Waals surface area contributed by atoms with Crippen LogP contribution in [0.3, 0.4) is 0 Å². The molecule has 2 aromatic carbocycles. The zero-order chi connectivity index (χ0) is 20.3. The predicted octanol–water partition coefficient (Wildman–Crippen LogP) is 5.47. The molecule has 146 valence electrons. The summed E-state index contributed by atoms with van der Waals surface area (Å²) in [6, 6.07) is 11.3. The van der Waals surface area contributed by atoms with Crippen LogP contribution in [0.25, 0.3) is 6.08 Å². The van der Waals surface area contributed by atoms with Crippen LogP contribution in [-0.4, -0.2) is 29.2 Å². The lowest BCUT2D eigenvalue weighted by molar-refractivity contribution is -0.137. The van der Waals surface area contributed by atoms with Crippen molar-refractivity contribution in [1.82, 2.24) is 4.90 Å². The Kier molecular flexibility index (Phi) is 6.00. The molecule has 0 N–H and O–H groups in total. The third-order valence-electron chi connectivity index (χ3n) is 3.79. The summed E-state index contributed by atoms with van der Waals surface area (Å²) in [4.78, 5) is 25.6. The highest BCUT2D eigenvalue weighted by Crippen LogP contribution is 2.34. The molecule has 0 unspecified atom stereocenters. The molecule has 0 aliphatic carbocycles. The summed E-state index contributed by atoms with van der Waals surface area (Å²) in [7, 11) is 0. The number of hydrogen-bond acceptors (Lipinski definition) is 4. The van der Waals surface area contributed by atoms with Gasteiger partial charge in [0.25, 0.3) is 11.1 Å². The minimum absolute atomic E-state index is 0.00415. The molecule has 0 aromatic heterocycles. The van der Waals surface area contributed by atoms with Crippen LogP contribution in [0, 0.1) is 0 Å². The highest BCUT2D eigenvalue weighted by Gasteiger charge is 2.35. The van der Waals surface area contributed by atoms with E-state index in [4.69, 9.17) is 16.3 Å². The van der Waals surface area contributed by atoms with E-state index < -0.39 is 22.9 Å². The summed E-state index contributed by atoms with van der Waals surface area (Å²) >= 11 is 6.64. The fourth-order valence-electron chi connectivity index (χ4n) is 2.46. The molecule has 0 saturated carbocycles. The number of halogens is 4. The molecular formula is C19H13ClF3NO3S. The summed E-state index contributed by atoms with van der Waals surface area (Å²) in [5.74, 6) is -0.147. The van der Waals surface area contributed by atoms with Crippen molar-refractivity contribution in [3.05, 3.63) is 69.6 Å². The summed E-state index contributed by atoms with van der Waals surface area (Å²) in [6.07, 6.45) is -3.21. The molecule has 0 atom stereocenters. The lowest BCUT2D eigenvalue weighted by Crippen LogP contribution is -2.32. The Morgan fingerprint density at radius 2 is 1.86 bits per heavy atom. The van der Waals surface area contributed by atoms with Gasteiger partial charge >= 0.3 is 6.18 Å². The van der Waals surface area contributed by atoms with E-state index in [1.165, 1.54) is 18.2 Å². The predicted molar refractivity (Wildman–Crippen MR) is 101 cm³/mol. The van der Waals surface area contributed by atoms with Gasteiger partial charge in [-0.1, -0.05) is 35.9 Å². The second kappa shape index (κ2) is 8.28. The third kappa shape index (κ3) is 4.69. The maximum atomic E-state index is 12.8. The monoisotopic (exact) mass is 427 g/mol. The van der Waals surface area contributed by atoms with Crippen molar-refractivity contribution in [2.75, 3.05) is 13.2 Å². The average molecular weight is 428 g/mol. The Labute approximate surface area is 167 Å². The molecule has 3 rings (SSSR count). The van der Waals surface area contributed by atoms with Gasteiger partial charge in [0.05, 0.1) is 22.0 Å². The van der Waals surface area contributed by atoms with Crippen LogP contribution < -0.4 is 4.74 Å². The lowest BCUT2D eigenvalue weighted by Gasteiger charge is -2.13. The highest BCUT2D eigenvalue weighted by molar-refractivity contribution is 8.18. The molecule has 28 heavy (non-hydrogen) atoms. The van der Waals surface area contributed by atoms with Crippen molar-refractivity contribution < 1.29 is 27.5 Å². The van der Waals surface area contributed by atoms with Gasteiger partial charge in [0.1, 0.15) is 12.4 Å². The number of rotatable bonds is 5. The van der Waals surface area contributed by atoms with Gasteiger partial charge in [-0.25, -0.2) is 0 Å².